The Morgan fingerprint density at radius 1 is 1.17 bits per heavy atom. The average Bonchev–Trinajstić information content (AvgIpc) is 2.59. The monoisotopic (exact) mass is 337 g/mol. The first kappa shape index (κ1) is 17.7. The number of amides is 1. The Kier molecular flexibility index (Phi) is 6.08. The van der Waals surface area contributed by atoms with E-state index >= 15 is 0 Å². The lowest BCUT2D eigenvalue weighted by molar-refractivity contribution is -0.0512. The minimum absolute atomic E-state index is 0.0958. The number of carbonyl (C=O) groups is 1. The van der Waals surface area contributed by atoms with E-state index in [4.69, 9.17) is 9.84 Å². The van der Waals surface area contributed by atoms with Crippen LogP contribution in [0.5, 0.6) is 11.5 Å². The summed E-state index contributed by atoms with van der Waals surface area (Å²) in [5.41, 5.74) is 1.61. The van der Waals surface area contributed by atoms with Crippen LogP contribution in [0.3, 0.4) is 0 Å². The number of rotatable bonds is 7. The highest BCUT2D eigenvalue weighted by Gasteiger charge is 2.12. The maximum Gasteiger partial charge on any atom is 0.387 e. The lowest BCUT2D eigenvalue weighted by Crippen LogP contribution is -2.23. The largest absolute Gasteiger partial charge is 0.493 e. The van der Waals surface area contributed by atoms with Gasteiger partial charge in [0.15, 0.2) is 11.5 Å². The summed E-state index contributed by atoms with van der Waals surface area (Å²) < 4.78 is 34.2. The third-order valence-corrected chi connectivity index (χ3v) is 3.27. The smallest absolute Gasteiger partial charge is 0.387 e. The van der Waals surface area contributed by atoms with Gasteiger partial charge in [0.25, 0.3) is 5.91 Å². The summed E-state index contributed by atoms with van der Waals surface area (Å²) in [5.74, 6) is -0.250. The second kappa shape index (κ2) is 8.26. The third kappa shape index (κ3) is 4.66. The zero-order valence-corrected chi connectivity index (χ0v) is 13.0. The highest BCUT2D eigenvalue weighted by molar-refractivity contribution is 5.94. The molecule has 0 saturated heterocycles. The Bertz CT molecular complexity index is 707. The third-order valence-electron chi connectivity index (χ3n) is 3.27. The first-order valence-corrected chi connectivity index (χ1v) is 7.13. The van der Waals surface area contributed by atoms with E-state index in [-0.39, 0.29) is 30.6 Å². The molecule has 2 rings (SSSR count). The van der Waals surface area contributed by atoms with Crippen LogP contribution >= 0.6 is 0 Å². The van der Waals surface area contributed by atoms with E-state index in [1.54, 1.807) is 30.3 Å². The number of methoxy groups -OCH3 is 1. The van der Waals surface area contributed by atoms with Gasteiger partial charge in [-0.25, -0.2) is 0 Å². The van der Waals surface area contributed by atoms with Gasteiger partial charge in [0.2, 0.25) is 0 Å². The zero-order chi connectivity index (χ0) is 17.5. The van der Waals surface area contributed by atoms with Crippen molar-refractivity contribution in [2.75, 3.05) is 7.11 Å². The number of hydrogen-bond donors (Lipinski definition) is 2. The standard InChI is InChI=1S/C17H17F2NO4/c1-23-14-6-5-11(8-15(14)24-17(18)19)9-20-16(22)13-4-2-3-12(7-13)10-21/h2-8,17,21H,9-10H2,1H3,(H,20,22). The Labute approximate surface area is 137 Å². The van der Waals surface area contributed by atoms with Crippen LogP contribution in [0.4, 0.5) is 8.78 Å². The van der Waals surface area contributed by atoms with E-state index in [0.29, 0.717) is 16.7 Å². The van der Waals surface area contributed by atoms with Crippen LogP contribution in [0, 0.1) is 0 Å². The Morgan fingerprint density at radius 3 is 2.62 bits per heavy atom. The van der Waals surface area contributed by atoms with Crippen LogP contribution in [0.1, 0.15) is 21.5 Å². The average molecular weight is 337 g/mol. The van der Waals surface area contributed by atoms with Crippen LogP contribution < -0.4 is 14.8 Å². The predicted octanol–water partition coefficient (Wildman–Crippen LogP) is 2.72. The molecule has 0 radical (unpaired) electrons. The van der Waals surface area contributed by atoms with Crippen molar-refractivity contribution < 1.29 is 28.2 Å². The fraction of sp³-hybridized carbons (Fsp3) is 0.235. The van der Waals surface area contributed by atoms with Gasteiger partial charge < -0.3 is 19.9 Å². The Hall–Kier alpha value is -2.67. The van der Waals surface area contributed by atoms with Crippen molar-refractivity contribution >= 4 is 5.91 Å². The van der Waals surface area contributed by atoms with Crippen LogP contribution in [-0.4, -0.2) is 24.7 Å². The van der Waals surface area contributed by atoms with Crippen LogP contribution in [0.25, 0.3) is 0 Å². The zero-order valence-electron chi connectivity index (χ0n) is 13.0. The Morgan fingerprint density at radius 2 is 1.96 bits per heavy atom. The molecule has 24 heavy (non-hydrogen) atoms. The molecule has 0 unspecified atom stereocenters. The van der Waals surface area contributed by atoms with Gasteiger partial charge in [-0.1, -0.05) is 18.2 Å². The Balaban J connectivity index is 2.06. The molecule has 0 aliphatic carbocycles. The quantitative estimate of drug-likeness (QED) is 0.815. The van der Waals surface area contributed by atoms with Gasteiger partial charge in [-0.05, 0) is 35.4 Å². The molecular weight excluding hydrogens is 320 g/mol. The summed E-state index contributed by atoms with van der Waals surface area (Å²) in [6, 6.07) is 11.1. The molecule has 1 amide bonds. The molecule has 0 bridgehead atoms. The van der Waals surface area contributed by atoms with E-state index in [0.717, 1.165) is 0 Å². The van der Waals surface area contributed by atoms with Gasteiger partial charge in [-0.3, -0.25) is 4.79 Å². The molecular formula is C17H17F2NO4. The summed E-state index contributed by atoms with van der Waals surface area (Å²) in [7, 11) is 1.35. The molecule has 0 heterocycles. The van der Waals surface area contributed by atoms with Gasteiger partial charge in [0, 0.05) is 12.1 Å². The number of alkyl halides is 2. The first-order chi connectivity index (χ1) is 11.5. The summed E-state index contributed by atoms with van der Waals surface area (Å²) in [6.07, 6.45) is 0. The second-order valence-corrected chi connectivity index (χ2v) is 4.90. The highest BCUT2D eigenvalue weighted by Crippen LogP contribution is 2.29. The molecule has 0 aliphatic rings. The molecule has 0 spiro atoms. The molecule has 0 aromatic heterocycles. The van der Waals surface area contributed by atoms with E-state index in [2.05, 4.69) is 10.1 Å². The summed E-state index contributed by atoms with van der Waals surface area (Å²) in [5, 5.41) is 11.8. The number of ether oxygens (including phenoxy) is 2. The molecule has 2 aromatic carbocycles. The molecule has 7 heteroatoms. The van der Waals surface area contributed by atoms with E-state index in [9.17, 15) is 13.6 Å². The number of hydrogen-bond acceptors (Lipinski definition) is 4. The second-order valence-electron chi connectivity index (χ2n) is 4.90. The van der Waals surface area contributed by atoms with Crippen LogP contribution in [0.15, 0.2) is 42.5 Å². The molecule has 2 N–H and O–H groups in total. The molecule has 0 fully saturated rings. The summed E-state index contributed by atoms with van der Waals surface area (Å²) in [4.78, 5) is 12.1. The summed E-state index contributed by atoms with van der Waals surface area (Å²) in [6.45, 7) is -3.00. The molecule has 0 atom stereocenters. The maximum absolute atomic E-state index is 12.4. The molecule has 2 aromatic rings. The van der Waals surface area contributed by atoms with Gasteiger partial charge in [0.1, 0.15) is 0 Å². The van der Waals surface area contributed by atoms with Crippen molar-refractivity contribution in [1.82, 2.24) is 5.32 Å². The van der Waals surface area contributed by atoms with Gasteiger partial charge >= 0.3 is 6.61 Å². The number of aliphatic hydroxyl groups excluding tert-OH is 1. The molecule has 0 saturated carbocycles. The first-order valence-electron chi connectivity index (χ1n) is 7.13. The number of aliphatic hydroxyl groups is 1. The van der Waals surface area contributed by atoms with Crippen LogP contribution in [0.2, 0.25) is 0 Å². The maximum atomic E-state index is 12.4. The van der Waals surface area contributed by atoms with Crippen molar-refractivity contribution in [3.8, 4) is 11.5 Å². The lowest BCUT2D eigenvalue weighted by Gasteiger charge is -2.12. The van der Waals surface area contributed by atoms with Crippen molar-refractivity contribution in [3.05, 3.63) is 59.2 Å². The van der Waals surface area contributed by atoms with Crippen molar-refractivity contribution in [1.29, 1.82) is 0 Å². The van der Waals surface area contributed by atoms with Gasteiger partial charge in [0.05, 0.1) is 13.7 Å². The number of carbonyl (C=O) groups excluding carboxylic acids is 1. The lowest BCUT2D eigenvalue weighted by atomic mass is 10.1. The van der Waals surface area contributed by atoms with E-state index in [1.807, 2.05) is 0 Å². The summed E-state index contributed by atoms with van der Waals surface area (Å²) >= 11 is 0. The van der Waals surface area contributed by atoms with E-state index in [1.165, 1.54) is 19.2 Å². The highest BCUT2D eigenvalue weighted by atomic mass is 19.3. The number of halogens is 2. The van der Waals surface area contributed by atoms with Crippen molar-refractivity contribution in [2.24, 2.45) is 0 Å². The van der Waals surface area contributed by atoms with Gasteiger partial charge in [-0.2, -0.15) is 8.78 Å². The van der Waals surface area contributed by atoms with E-state index < -0.39 is 6.61 Å². The predicted molar refractivity (Wildman–Crippen MR) is 83.2 cm³/mol. The van der Waals surface area contributed by atoms with Crippen molar-refractivity contribution in [2.45, 2.75) is 19.8 Å². The van der Waals surface area contributed by atoms with Gasteiger partial charge in [-0.15, -0.1) is 0 Å². The SMILES string of the molecule is COc1ccc(CNC(=O)c2cccc(CO)c2)cc1OC(F)F. The fourth-order valence-electron chi connectivity index (χ4n) is 2.11. The molecule has 5 nitrogen and oxygen atoms in total. The topological polar surface area (TPSA) is 67.8 Å². The number of nitrogens with one attached hydrogen (secondary N) is 1. The molecule has 0 aliphatic heterocycles. The van der Waals surface area contributed by atoms with Crippen molar-refractivity contribution in [3.63, 3.8) is 0 Å². The van der Waals surface area contributed by atoms with Crippen LogP contribution in [-0.2, 0) is 13.2 Å². The number of benzene rings is 2. The normalized spacial score (nSPS) is 10.5. The molecule has 128 valence electrons. The fourth-order valence-corrected chi connectivity index (χ4v) is 2.11. The minimum Gasteiger partial charge on any atom is -0.493 e. The minimum atomic E-state index is -2.97.